The maximum Gasteiger partial charge on any atom is 0.330 e. The number of sulfone groups is 1. The van der Waals surface area contributed by atoms with Crippen LogP contribution in [0, 0.1) is 0 Å². The number of carbonyl (C=O) groups excluding carboxylic acids is 1. The predicted octanol–water partition coefficient (Wildman–Crippen LogP) is 1.34. The average molecular weight is 467 g/mol. The third-order valence-electron chi connectivity index (χ3n) is 4.70. The van der Waals surface area contributed by atoms with Crippen LogP contribution in [0.15, 0.2) is 39.9 Å². The first-order valence-electron chi connectivity index (χ1n) is 10.4. The number of aromatic amines is 1. The predicted molar refractivity (Wildman–Crippen MR) is 124 cm³/mol. The molecule has 0 aliphatic rings. The maximum atomic E-state index is 12.6. The van der Waals surface area contributed by atoms with Gasteiger partial charge in [-0.25, -0.2) is 13.2 Å². The number of benzene rings is 1. The molecular weight excluding hydrogens is 436 g/mol. The SMILES string of the molecule is CCCCCS(=O)(=O)CC(=O)Nc1c(NCc2ccccc2)c(=O)[nH]c(=O)n1CCOC. The standard InChI is InChI=1S/C21H30N4O6S/c1-3-4-8-13-32(29,30)15-17(26)23-19-18(22-14-16-9-6-5-7-10-16)20(27)24-21(28)25(19)11-12-31-2/h5-7,9-10,22H,3-4,8,11-15H2,1-2H3,(H,23,26)(H,24,27,28). The Morgan fingerprint density at radius 1 is 1.16 bits per heavy atom. The van der Waals surface area contributed by atoms with Crippen molar-refractivity contribution in [2.75, 3.05) is 35.9 Å². The number of aromatic nitrogens is 2. The van der Waals surface area contributed by atoms with Gasteiger partial charge in [-0.2, -0.15) is 0 Å². The summed E-state index contributed by atoms with van der Waals surface area (Å²) in [4.78, 5) is 39.7. The summed E-state index contributed by atoms with van der Waals surface area (Å²) in [6.45, 7) is 2.40. The van der Waals surface area contributed by atoms with Crippen LogP contribution in [0.25, 0.3) is 0 Å². The summed E-state index contributed by atoms with van der Waals surface area (Å²) in [5.41, 5.74) is -0.627. The highest BCUT2D eigenvalue weighted by atomic mass is 32.2. The number of anilines is 2. The molecule has 0 bridgehead atoms. The molecule has 0 aliphatic carbocycles. The lowest BCUT2D eigenvalue weighted by atomic mass is 10.2. The summed E-state index contributed by atoms with van der Waals surface area (Å²) < 4.78 is 30.7. The van der Waals surface area contributed by atoms with Crippen LogP contribution in [0.2, 0.25) is 0 Å². The first-order valence-corrected chi connectivity index (χ1v) is 12.2. The smallest absolute Gasteiger partial charge is 0.330 e. The second kappa shape index (κ2) is 12.2. The number of nitrogens with one attached hydrogen (secondary N) is 3. The van der Waals surface area contributed by atoms with E-state index < -0.39 is 32.7 Å². The monoisotopic (exact) mass is 466 g/mol. The molecule has 1 amide bonds. The van der Waals surface area contributed by atoms with Crippen molar-refractivity contribution in [1.82, 2.24) is 9.55 Å². The van der Waals surface area contributed by atoms with E-state index in [1.54, 1.807) is 0 Å². The second-order valence-corrected chi connectivity index (χ2v) is 9.50. The van der Waals surface area contributed by atoms with Gasteiger partial charge in [-0.15, -0.1) is 0 Å². The van der Waals surface area contributed by atoms with Crippen molar-refractivity contribution in [2.45, 2.75) is 39.3 Å². The number of rotatable bonds is 13. The van der Waals surface area contributed by atoms with E-state index in [4.69, 9.17) is 4.74 Å². The van der Waals surface area contributed by atoms with Gasteiger partial charge in [0.2, 0.25) is 5.91 Å². The molecule has 0 atom stereocenters. The fourth-order valence-corrected chi connectivity index (χ4v) is 4.32. The number of ether oxygens (including phenoxy) is 1. The number of hydrogen-bond donors (Lipinski definition) is 3. The van der Waals surface area contributed by atoms with Gasteiger partial charge in [0.05, 0.1) is 18.9 Å². The Bertz CT molecular complexity index is 1110. The third-order valence-corrected chi connectivity index (χ3v) is 6.31. The number of hydrogen-bond acceptors (Lipinski definition) is 7. The molecular formula is C21H30N4O6S. The van der Waals surface area contributed by atoms with Crippen LogP contribution < -0.4 is 21.9 Å². The van der Waals surface area contributed by atoms with Crippen molar-refractivity contribution in [2.24, 2.45) is 0 Å². The summed E-state index contributed by atoms with van der Waals surface area (Å²) in [6, 6.07) is 9.24. The van der Waals surface area contributed by atoms with Crippen molar-refractivity contribution in [3.63, 3.8) is 0 Å². The molecule has 176 valence electrons. The van der Waals surface area contributed by atoms with Crippen LogP contribution in [0.3, 0.4) is 0 Å². The third kappa shape index (κ3) is 7.65. The summed E-state index contributed by atoms with van der Waals surface area (Å²) in [7, 11) is -2.17. The van der Waals surface area contributed by atoms with Gasteiger partial charge >= 0.3 is 5.69 Å². The largest absolute Gasteiger partial charge is 0.383 e. The first-order chi connectivity index (χ1) is 15.3. The van der Waals surface area contributed by atoms with Gasteiger partial charge < -0.3 is 15.4 Å². The Morgan fingerprint density at radius 3 is 2.53 bits per heavy atom. The van der Waals surface area contributed by atoms with Crippen molar-refractivity contribution >= 4 is 27.2 Å². The number of amides is 1. The fourth-order valence-electron chi connectivity index (χ4n) is 3.06. The number of methoxy groups -OCH3 is 1. The van der Waals surface area contributed by atoms with Gasteiger partial charge in [-0.3, -0.25) is 19.1 Å². The highest BCUT2D eigenvalue weighted by Crippen LogP contribution is 2.17. The number of nitrogens with zero attached hydrogens (tertiary/aromatic N) is 1. The zero-order chi connectivity index (χ0) is 23.6. The molecule has 1 heterocycles. The van der Waals surface area contributed by atoms with Crippen LogP contribution in [0.1, 0.15) is 31.7 Å². The quantitative estimate of drug-likeness (QED) is 0.379. The maximum absolute atomic E-state index is 12.6. The molecule has 10 nitrogen and oxygen atoms in total. The number of H-pyrrole nitrogens is 1. The van der Waals surface area contributed by atoms with Crippen molar-refractivity contribution in [3.8, 4) is 0 Å². The molecule has 0 saturated heterocycles. The van der Waals surface area contributed by atoms with Crippen LogP contribution in [0.5, 0.6) is 0 Å². The topological polar surface area (TPSA) is 139 Å². The zero-order valence-corrected chi connectivity index (χ0v) is 19.2. The summed E-state index contributed by atoms with van der Waals surface area (Å²) >= 11 is 0. The molecule has 0 radical (unpaired) electrons. The average Bonchev–Trinajstić information content (AvgIpc) is 2.73. The molecule has 32 heavy (non-hydrogen) atoms. The van der Waals surface area contributed by atoms with E-state index in [0.29, 0.717) is 6.42 Å². The molecule has 0 spiro atoms. The molecule has 11 heteroatoms. The van der Waals surface area contributed by atoms with E-state index in [1.807, 2.05) is 37.3 Å². The van der Waals surface area contributed by atoms with Gasteiger partial charge in [-0.1, -0.05) is 50.1 Å². The molecule has 1 aromatic carbocycles. The highest BCUT2D eigenvalue weighted by Gasteiger charge is 2.21. The first kappa shape index (κ1) is 25.3. The molecule has 2 aromatic rings. The van der Waals surface area contributed by atoms with Crippen molar-refractivity contribution < 1.29 is 17.9 Å². The minimum Gasteiger partial charge on any atom is -0.383 e. The summed E-state index contributed by atoms with van der Waals surface area (Å²) in [6.07, 6.45) is 2.08. The number of carbonyl (C=O) groups is 1. The summed E-state index contributed by atoms with van der Waals surface area (Å²) in [5.74, 6) is -1.75. The lowest BCUT2D eigenvalue weighted by molar-refractivity contribution is -0.113. The van der Waals surface area contributed by atoms with E-state index >= 15 is 0 Å². The fraction of sp³-hybridized carbons (Fsp3) is 0.476. The molecule has 0 aliphatic heterocycles. The Kier molecular flexibility index (Phi) is 9.66. The van der Waals surface area contributed by atoms with E-state index in [0.717, 1.165) is 23.0 Å². The molecule has 0 fully saturated rings. The van der Waals surface area contributed by atoms with Crippen LogP contribution in [-0.2, 0) is 32.5 Å². The van der Waals surface area contributed by atoms with Crippen LogP contribution >= 0.6 is 0 Å². The van der Waals surface area contributed by atoms with E-state index in [9.17, 15) is 22.8 Å². The second-order valence-electron chi connectivity index (χ2n) is 7.31. The van der Waals surface area contributed by atoms with Crippen LogP contribution in [0.4, 0.5) is 11.5 Å². The normalized spacial score (nSPS) is 11.3. The lowest BCUT2D eigenvalue weighted by Crippen LogP contribution is -2.37. The Hall–Kier alpha value is -2.92. The van der Waals surface area contributed by atoms with Gasteiger partial charge in [-0.05, 0) is 12.0 Å². The van der Waals surface area contributed by atoms with E-state index in [1.165, 1.54) is 7.11 Å². The van der Waals surface area contributed by atoms with Gasteiger partial charge in [0.25, 0.3) is 5.56 Å². The zero-order valence-electron chi connectivity index (χ0n) is 18.3. The minimum atomic E-state index is -3.62. The van der Waals surface area contributed by atoms with Crippen molar-refractivity contribution in [1.29, 1.82) is 0 Å². The lowest BCUT2D eigenvalue weighted by Gasteiger charge is -2.18. The molecule has 0 unspecified atom stereocenters. The van der Waals surface area contributed by atoms with Gasteiger partial charge in [0, 0.05) is 13.7 Å². The summed E-state index contributed by atoms with van der Waals surface area (Å²) in [5, 5.41) is 5.40. The molecule has 2 rings (SSSR count). The van der Waals surface area contributed by atoms with Gasteiger partial charge in [0.15, 0.2) is 9.84 Å². The molecule has 0 saturated carbocycles. The van der Waals surface area contributed by atoms with Crippen LogP contribution in [-0.4, -0.2) is 49.1 Å². The van der Waals surface area contributed by atoms with E-state index in [-0.39, 0.29) is 37.0 Å². The number of unbranched alkanes of at least 4 members (excludes halogenated alkanes) is 2. The highest BCUT2D eigenvalue weighted by molar-refractivity contribution is 7.92. The molecule has 3 N–H and O–H groups in total. The van der Waals surface area contributed by atoms with Gasteiger partial charge in [0.1, 0.15) is 17.3 Å². The minimum absolute atomic E-state index is 0.0405. The Balaban J connectivity index is 2.33. The molecule has 1 aromatic heterocycles. The Labute approximate surface area is 186 Å². The van der Waals surface area contributed by atoms with E-state index in [2.05, 4.69) is 15.6 Å². The Morgan fingerprint density at radius 2 is 1.88 bits per heavy atom. The van der Waals surface area contributed by atoms with Crippen molar-refractivity contribution in [3.05, 3.63) is 56.7 Å².